The molecule has 0 amide bonds. The van der Waals surface area contributed by atoms with Gasteiger partial charge in [0.15, 0.2) is 11.5 Å². The van der Waals surface area contributed by atoms with E-state index in [0.29, 0.717) is 23.2 Å². The highest BCUT2D eigenvalue weighted by atomic mass is 79.9. The quantitative estimate of drug-likeness (QED) is 0.678. The minimum Gasteiger partial charge on any atom is -0.493 e. The van der Waals surface area contributed by atoms with Gasteiger partial charge in [-0.2, -0.15) is 0 Å². The van der Waals surface area contributed by atoms with E-state index in [2.05, 4.69) is 42.2 Å². The van der Waals surface area contributed by atoms with Crippen molar-refractivity contribution < 1.29 is 9.47 Å². The van der Waals surface area contributed by atoms with Gasteiger partial charge in [0.25, 0.3) is 0 Å². The number of aromatic nitrogens is 1. The van der Waals surface area contributed by atoms with Crippen LogP contribution in [-0.2, 0) is 6.54 Å². The molecule has 1 aromatic carbocycles. The maximum atomic E-state index is 5.87. The smallest absolute Gasteiger partial charge is 0.161 e. The molecule has 0 radical (unpaired) electrons. The number of benzene rings is 1. The summed E-state index contributed by atoms with van der Waals surface area (Å²) in [5, 5.41) is 3.72. The highest BCUT2D eigenvalue weighted by Gasteiger charge is 2.09. The third-order valence-electron chi connectivity index (χ3n) is 2.83. The predicted octanol–water partition coefficient (Wildman–Crippen LogP) is 4.89. The fraction of sp³-hybridized carbons (Fsp3) is 0.214. The van der Waals surface area contributed by atoms with Gasteiger partial charge in [-0.15, -0.1) is 0 Å². The van der Waals surface area contributed by atoms with Crippen molar-refractivity contribution in [3.05, 3.63) is 44.1 Å². The number of nitrogens with one attached hydrogen (secondary N) is 1. The first-order valence-electron chi connectivity index (χ1n) is 6.00. The highest BCUT2D eigenvalue weighted by Crippen LogP contribution is 2.33. The number of hydrogen-bond acceptors (Lipinski definition) is 4. The lowest BCUT2D eigenvalue weighted by Crippen LogP contribution is -2.02. The molecule has 0 atom stereocenters. The summed E-state index contributed by atoms with van der Waals surface area (Å²) in [6.07, 6.45) is 1.68. The van der Waals surface area contributed by atoms with Gasteiger partial charge < -0.3 is 14.8 Å². The molecule has 1 heterocycles. The zero-order valence-corrected chi connectivity index (χ0v) is 15.3. The summed E-state index contributed by atoms with van der Waals surface area (Å²) in [4.78, 5) is 4.07. The Labute approximate surface area is 145 Å². The standard InChI is InChI=1S/C14H13Br2ClN2O2/c1-20-12-3-8(10(15)5-13(12)21-2)6-18-9-4-11(16)14(17)19-7-9/h3-5,7,18H,6H2,1-2H3. The zero-order valence-electron chi connectivity index (χ0n) is 11.4. The highest BCUT2D eigenvalue weighted by molar-refractivity contribution is 9.10. The summed E-state index contributed by atoms with van der Waals surface area (Å²) in [5.74, 6) is 1.37. The van der Waals surface area contributed by atoms with Crippen LogP contribution in [-0.4, -0.2) is 19.2 Å². The minimum absolute atomic E-state index is 0.438. The van der Waals surface area contributed by atoms with Crippen LogP contribution in [0.15, 0.2) is 33.3 Å². The van der Waals surface area contributed by atoms with Crippen LogP contribution in [0.5, 0.6) is 11.5 Å². The lowest BCUT2D eigenvalue weighted by Gasteiger charge is -2.13. The summed E-state index contributed by atoms with van der Waals surface area (Å²) in [6.45, 7) is 0.608. The maximum Gasteiger partial charge on any atom is 0.161 e. The second-order valence-electron chi connectivity index (χ2n) is 4.15. The summed E-state index contributed by atoms with van der Waals surface area (Å²) < 4.78 is 12.3. The number of rotatable bonds is 5. The van der Waals surface area contributed by atoms with E-state index in [1.807, 2.05) is 18.2 Å². The van der Waals surface area contributed by atoms with Crippen molar-refractivity contribution in [2.24, 2.45) is 0 Å². The van der Waals surface area contributed by atoms with Gasteiger partial charge >= 0.3 is 0 Å². The molecule has 1 N–H and O–H groups in total. The number of ether oxygens (including phenoxy) is 2. The number of halogens is 3. The molecule has 0 saturated carbocycles. The minimum atomic E-state index is 0.438. The van der Waals surface area contributed by atoms with Crippen molar-refractivity contribution in [2.45, 2.75) is 6.54 Å². The van der Waals surface area contributed by atoms with Crippen molar-refractivity contribution in [2.75, 3.05) is 19.5 Å². The largest absolute Gasteiger partial charge is 0.493 e. The van der Waals surface area contributed by atoms with Gasteiger partial charge in [0.05, 0.1) is 30.6 Å². The van der Waals surface area contributed by atoms with E-state index in [0.717, 1.165) is 20.2 Å². The molecule has 0 fully saturated rings. The predicted molar refractivity (Wildman–Crippen MR) is 91.5 cm³/mol. The van der Waals surface area contributed by atoms with Gasteiger partial charge in [0.1, 0.15) is 5.15 Å². The second-order valence-corrected chi connectivity index (χ2v) is 6.22. The molecule has 0 unspecified atom stereocenters. The molecule has 2 aromatic rings. The molecule has 7 heteroatoms. The molecular formula is C14H13Br2ClN2O2. The van der Waals surface area contributed by atoms with Crippen LogP contribution in [0.2, 0.25) is 5.15 Å². The Hall–Kier alpha value is -0.980. The van der Waals surface area contributed by atoms with Crippen molar-refractivity contribution >= 4 is 49.1 Å². The first kappa shape index (κ1) is 16.4. The van der Waals surface area contributed by atoms with Gasteiger partial charge in [-0.25, -0.2) is 4.98 Å². The van der Waals surface area contributed by atoms with Crippen LogP contribution in [0.25, 0.3) is 0 Å². The fourth-order valence-electron chi connectivity index (χ4n) is 1.75. The number of anilines is 1. The van der Waals surface area contributed by atoms with E-state index < -0.39 is 0 Å². The van der Waals surface area contributed by atoms with Crippen molar-refractivity contribution in [1.29, 1.82) is 0 Å². The Morgan fingerprint density at radius 3 is 2.38 bits per heavy atom. The van der Waals surface area contributed by atoms with E-state index in [-0.39, 0.29) is 0 Å². The molecule has 112 valence electrons. The molecule has 1 aromatic heterocycles. The Morgan fingerprint density at radius 2 is 1.76 bits per heavy atom. The van der Waals surface area contributed by atoms with Crippen LogP contribution < -0.4 is 14.8 Å². The molecule has 0 saturated heterocycles. The Morgan fingerprint density at radius 1 is 1.10 bits per heavy atom. The van der Waals surface area contributed by atoms with Gasteiger partial charge in [-0.05, 0) is 39.7 Å². The lowest BCUT2D eigenvalue weighted by atomic mass is 10.2. The Balaban J connectivity index is 2.17. The van der Waals surface area contributed by atoms with Gasteiger partial charge in [-0.3, -0.25) is 0 Å². The molecule has 0 spiro atoms. The monoisotopic (exact) mass is 434 g/mol. The first-order chi connectivity index (χ1) is 10.0. The third-order valence-corrected chi connectivity index (χ3v) is 4.70. The topological polar surface area (TPSA) is 43.4 Å². The maximum absolute atomic E-state index is 5.87. The molecule has 4 nitrogen and oxygen atoms in total. The zero-order chi connectivity index (χ0) is 15.4. The molecular weight excluding hydrogens is 423 g/mol. The number of hydrogen-bond donors (Lipinski definition) is 1. The van der Waals surface area contributed by atoms with Crippen molar-refractivity contribution in [3.8, 4) is 11.5 Å². The average Bonchev–Trinajstić information content (AvgIpc) is 2.49. The number of pyridine rings is 1. The van der Waals surface area contributed by atoms with Gasteiger partial charge in [0.2, 0.25) is 0 Å². The van der Waals surface area contributed by atoms with Gasteiger partial charge in [0, 0.05) is 11.0 Å². The van der Waals surface area contributed by atoms with Crippen LogP contribution in [0, 0.1) is 0 Å². The normalized spacial score (nSPS) is 10.3. The van der Waals surface area contributed by atoms with E-state index in [9.17, 15) is 0 Å². The summed E-state index contributed by atoms with van der Waals surface area (Å²) in [5.41, 5.74) is 1.91. The van der Waals surface area contributed by atoms with E-state index in [1.165, 1.54) is 0 Å². The second kappa shape index (κ2) is 7.33. The summed E-state index contributed by atoms with van der Waals surface area (Å²) >= 11 is 12.7. The summed E-state index contributed by atoms with van der Waals surface area (Å²) in [6, 6.07) is 5.68. The van der Waals surface area contributed by atoms with Crippen LogP contribution >= 0.6 is 43.5 Å². The third kappa shape index (κ3) is 4.02. The number of nitrogens with zero attached hydrogens (tertiary/aromatic N) is 1. The lowest BCUT2D eigenvalue weighted by molar-refractivity contribution is 0.354. The van der Waals surface area contributed by atoms with E-state index in [1.54, 1.807) is 20.4 Å². The van der Waals surface area contributed by atoms with Gasteiger partial charge in [-0.1, -0.05) is 27.5 Å². The fourth-order valence-corrected chi connectivity index (χ4v) is 2.66. The average molecular weight is 437 g/mol. The molecule has 0 aliphatic carbocycles. The summed E-state index contributed by atoms with van der Waals surface area (Å²) in [7, 11) is 3.22. The Kier molecular flexibility index (Phi) is 5.72. The first-order valence-corrected chi connectivity index (χ1v) is 7.97. The van der Waals surface area contributed by atoms with Crippen molar-refractivity contribution in [3.63, 3.8) is 0 Å². The van der Waals surface area contributed by atoms with Crippen molar-refractivity contribution in [1.82, 2.24) is 4.98 Å². The van der Waals surface area contributed by atoms with Crippen LogP contribution in [0.3, 0.4) is 0 Å². The molecule has 0 bridgehead atoms. The van der Waals surface area contributed by atoms with Crippen LogP contribution in [0.4, 0.5) is 5.69 Å². The Bertz CT molecular complexity index is 653. The van der Waals surface area contributed by atoms with E-state index >= 15 is 0 Å². The van der Waals surface area contributed by atoms with E-state index in [4.69, 9.17) is 21.1 Å². The molecule has 0 aliphatic rings. The molecule has 2 rings (SSSR count). The molecule has 21 heavy (non-hydrogen) atoms. The molecule has 0 aliphatic heterocycles. The van der Waals surface area contributed by atoms with Crippen LogP contribution in [0.1, 0.15) is 5.56 Å². The SMILES string of the molecule is COc1cc(Br)c(CNc2cnc(Cl)c(Br)c2)cc1OC. The number of methoxy groups -OCH3 is 2.